The number of hydrogen-bond acceptors (Lipinski definition) is 4. The van der Waals surface area contributed by atoms with Gasteiger partial charge in [0.15, 0.2) is 0 Å². The van der Waals surface area contributed by atoms with E-state index >= 15 is 0 Å². The normalized spacial score (nSPS) is 12.2. The van der Waals surface area contributed by atoms with Crippen LogP contribution in [0, 0.1) is 0 Å². The van der Waals surface area contributed by atoms with E-state index in [1.54, 1.807) is 6.92 Å². The maximum atomic E-state index is 11.0. The third-order valence-electron chi connectivity index (χ3n) is 2.59. The zero-order chi connectivity index (χ0) is 14.1. The highest BCUT2D eigenvalue weighted by molar-refractivity contribution is 9.10. The molecule has 1 aromatic carbocycles. The molecule has 0 spiro atoms. The second-order valence-electron chi connectivity index (χ2n) is 4.08. The van der Waals surface area contributed by atoms with Crippen molar-refractivity contribution in [3.8, 4) is 0 Å². The second-order valence-corrected chi connectivity index (χ2v) is 5.00. The van der Waals surface area contributed by atoms with Gasteiger partial charge in [0, 0.05) is 17.1 Å². The molecule has 0 aliphatic carbocycles. The quantitative estimate of drug-likeness (QED) is 0.588. The van der Waals surface area contributed by atoms with Crippen LogP contribution >= 0.6 is 15.9 Å². The molecular formula is C14H20BrNO3. The summed E-state index contributed by atoms with van der Waals surface area (Å²) >= 11 is 3.41. The monoisotopic (exact) mass is 329 g/mol. The lowest BCUT2D eigenvalue weighted by molar-refractivity contribution is -0.148. The van der Waals surface area contributed by atoms with Crippen LogP contribution in [0.1, 0.15) is 25.5 Å². The van der Waals surface area contributed by atoms with Gasteiger partial charge in [0.05, 0.1) is 13.2 Å². The summed E-state index contributed by atoms with van der Waals surface area (Å²) in [6.45, 7) is 5.45. The Morgan fingerprint density at radius 2 is 2.05 bits per heavy atom. The first-order valence-corrected chi connectivity index (χ1v) is 7.15. The largest absolute Gasteiger partial charge is 0.464 e. The van der Waals surface area contributed by atoms with Crippen molar-refractivity contribution in [2.24, 2.45) is 0 Å². The number of nitrogens with one attached hydrogen (secondary N) is 1. The van der Waals surface area contributed by atoms with Crippen molar-refractivity contribution >= 4 is 21.9 Å². The Bertz CT molecular complexity index is 381. The van der Waals surface area contributed by atoms with Crippen molar-refractivity contribution < 1.29 is 14.3 Å². The first kappa shape index (κ1) is 16.1. The van der Waals surface area contributed by atoms with E-state index in [1.165, 1.54) is 5.56 Å². The van der Waals surface area contributed by atoms with Crippen LogP contribution in [-0.4, -0.2) is 32.3 Å². The Labute approximate surface area is 122 Å². The summed E-state index contributed by atoms with van der Waals surface area (Å²) in [4.78, 5) is 11.0. The minimum Gasteiger partial charge on any atom is -0.464 e. The predicted octanol–water partition coefficient (Wildman–Crippen LogP) is 2.68. The third kappa shape index (κ3) is 6.71. The molecular weight excluding hydrogens is 310 g/mol. The van der Waals surface area contributed by atoms with Crippen LogP contribution < -0.4 is 5.32 Å². The van der Waals surface area contributed by atoms with Gasteiger partial charge in [-0.25, -0.2) is 4.79 Å². The SMILES string of the molecule is CCOC(=O)COCCNC(C)c1ccc(Br)cc1. The molecule has 106 valence electrons. The minimum absolute atomic E-state index is 0.0161. The van der Waals surface area contributed by atoms with Gasteiger partial charge in [0.25, 0.3) is 0 Å². The van der Waals surface area contributed by atoms with Gasteiger partial charge in [-0.15, -0.1) is 0 Å². The molecule has 19 heavy (non-hydrogen) atoms. The van der Waals surface area contributed by atoms with Gasteiger partial charge in [-0.3, -0.25) is 0 Å². The molecule has 4 nitrogen and oxygen atoms in total. The second kappa shape index (κ2) is 9.07. The van der Waals surface area contributed by atoms with Gasteiger partial charge >= 0.3 is 5.97 Å². The minimum atomic E-state index is -0.316. The van der Waals surface area contributed by atoms with Gasteiger partial charge in [-0.05, 0) is 31.5 Å². The molecule has 1 unspecified atom stereocenters. The Hall–Kier alpha value is -0.910. The average Bonchev–Trinajstić information content (AvgIpc) is 2.39. The number of carbonyl (C=O) groups is 1. The van der Waals surface area contributed by atoms with Gasteiger partial charge in [-0.2, -0.15) is 0 Å². The van der Waals surface area contributed by atoms with Crippen molar-refractivity contribution in [2.45, 2.75) is 19.9 Å². The van der Waals surface area contributed by atoms with Crippen LogP contribution in [-0.2, 0) is 14.3 Å². The fraction of sp³-hybridized carbons (Fsp3) is 0.500. The predicted molar refractivity (Wildman–Crippen MR) is 78.0 cm³/mol. The summed E-state index contributed by atoms with van der Waals surface area (Å²) in [7, 11) is 0. The van der Waals surface area contributed by atoms with Crippen molar-refractivity contribution in [2.75, 3.05) is 26.4 Å². The van der Waals surface area contributed by atoms with Gasteiger partial charge in [0.1, 0.15) is 6.61 Å². The van der Waals surface area contributed by atoms with E-state index in [0.29, 0.717) is 19.8 Å². The zero-order valence-corrected chi connectivity index (χ0v) is 12.9. The number of rotatable bonds is 8. The zero-order valence-electron chi connectivity index (χ0n) is 11.3. The van der Waals surface area contributed by atoms with Crippen LogP contribution in [0.5, 0.6) is 0 Å². The molecule has 0 amide bonds. The van der Waals surface area contributed by atoms with Gasteiger partial charge < -0.3 is 14.8 Å². The van der Waals surface area contributed by atoms with E-state index in [4.69, 9.17) is 9.47 Å². The molecule has 0 heterocycles. The number of hydrogen-bond donors (Lipinski definition) is 1. The fourth-order valence-corrected chi connectivity index (χ4v) is 1.84. The molecule has 1 aromatic rings. The maximum Gasteiger partial charge on any atom is 0.332 e. The Balaban J connectivity index is 2.15. The van der Waals surface area contributed by atoms with Gasteiger partial charge in [0.2, 0.25) is 0 Å². The summed E-state index contributed by atoms with van der Waals surface area (Å²) in [6, 6.07) is 8.43. The van der Waals surface area contributed by atoms with Crippen LogP contribution in [0.3, 0.4) is 0 Å². The molecule has 0 saturated heterocycles. The van der Waals surface area contributed by atoms with Crippen molar-refractivity contribution in [1.29, 1.82) is 0 Å². The summed E-state index contributed by atoms with van der Waals surface area (Å²) < 4.78 is 11.0. The van der Waals surface area contributed by atoms with Crippen LogP contribution in [0.25, 0.3) is 0 Å². The topological polar surface area (TPSA) is 47.6 Å². The number of carbonyl (C=O) groups excluding carboxylic acids is 1. The van der Waals surface area contributed by atoms with E-state index < -0.39 is 0 Å². The van der Waals surface area contributed by atoms with Crippen LogP contribution in [0.2, 0.25) is 0 Å². The van der Waals surface area contributed by atoms with Crippen LogP contribution in [0.4, 0.5) is 0 Å². The number of benzene rings is 1. The van der Waals surface area contributed by atoms with Gasteiger partial charge in [-0.1, -0.05) is 28.1 Å². The summed E-state index contributed by atoms with van der Waals surface area (Å²) in [5, 5.41) is 3.33. The summed E-state index contributed by atoms with van der Waals surface area (Å²) in [5.74, 6) is -0.316. The first-order chi connectivity index (χ1) is 9.13. The molecule has 5 heteroatoms. The molecule has 1 N–H and O–H groups in total. The lowest BCUT2D eigenvalue weighted by Crippen LogP contribution is -2.24. The molecule has 0 aromatic heterocycles. The molecule has 0 aliphatic heterocycles. The maximum absolute atomic E-state index is 11.0. The van der Waals surface area contributed by atoms with E-state index in [0.717, 1.165) is 4.47 Å². The third-order valence-corrected chi connectivity index (χ3v) is 3.12. The lowest BCUT2D eigenvalue weighted by Gasteiger charge is -2.14. The molecule has 0 saturated carbocycles. The highest BCUT2D eigenvalue weighted by atomic mass is 79.9. The fourth-order valence-electron chi connectivity index (χ4n) is 1.58. The Kier molecular flexibility index (Phi) is 7.70. The first-order valence-electron chi connectivity index (χ1n) is 6.35. The Morgan fingerprint density at radius 3 is 2.68 bits per heavy atom. The number of halogens is 1. The molecule has 1 rings (SSSR count). The molecule has 0 radical (unpaired) electrons. The molecule has 1 atom stereocenters. The molecule has 0 fully saturated rings. The highest BCUT2D eigenvalue weighted by Crippen LogP contribution is 2.16. The standard InChI is InChI=1S/C14H20BrNO3/c1-3-19-14(17)10-18-9-8-16-11(2)12-4-6-13(15)7-5-12/h4-7,11,16H,3,8-10H2,1-2H3. The van der Waals surface area contributed by atoms with Crippen LogP contribution in [0.15, 0.2) is 28.7 Å². The van der Waals surface area contributed by atoms with E-state index in [1.807, 2.05) is 12.1 Å². The van der Waals surface area contributed by atoms with Crippen molar-refractivity contribution in [3.63, 3.8) is 0 Å². The van der Waals surface area contributed by atoms with Crippen molar-refractivity contribution in [1.82, 2.24) is 5.32 Å². The molecule has 0 bridgehead atoms. The average molecular weight is 330 g/mol. The van der Waals surface area contributed by atoms with E-state index in [2.05, 4.69) is 40.3 Å². The number of esters is 1. The summed E-state index contributed by atoms with van der Waals surface area (Å²) in [5.41, 5.74) is 1.22. The lowest BCUT2D eigenvalue weighted by atomic mass is 10.1. The Morgan fingerprint density at radius 1 is 1.37 bits per heavy atom. The van der Waals surface area contributed by atoms with Crippen molar-refractivity contribution in [3.05, 3.63) is 34.3 Å². The molecule has 0 aliphatic rings. The highest BCUT2D eigenvalue weighted by Gasteiger charge is 2.05. The van der Waals surface area contributed by atoms with E-state index in [-0.39, 0.29) is 18.6 Å². The van der Waals surface area contributed by atoms with E-state index in [9.17, 15) is 4.79 Å². The number of ether oxygens (including phenoxy) is 2. The smallest absolute Gasteiger partial charge is 0.332 e. The summed E-state index contributed by atoms with van der Waals surface area (Å²) in [6.07, 6.45) is 0.